The number of aliphatic hydroxyl groups excluding tert-OH is 1. The summed E-state index contributed by atoms with van der Waals surface area (Å²) in [6, 6.07) is 6.98. The zero-order valence-electron chi connectivity index (χ0n) is 11.3. The van der Waals surface area contributed by atoms with Crippen LogP contribution < -0.4 is 9.47 Å². The van der Waals surface area contributed by atoms with Crippen molar-refractivity contribution in [2.75, 3.05) is 13.7 Å². The monoisotopic (exact) mass is 293 g/mol. The van der Waals surface area contributed by atoms with Gasteiger partial charge >= 0.3 is 0 Å². The molecule has 106 valence electrons. The van der Waals surface area contributed by atoms with Gasteiger partial charge in [0.05, 0.1) is 24.9 Å². The van der Waals surface area contributed by atoms with Crippen LogP contribution in [0.1, 0.15) is 24.2 Å². The fraction of sp³-hybridized carbons (Fsp3) is 0.267. The first-order valence-corrected chi connectivity index (χ1v) is 6.63. The molecule has 0 aliphatic rings. The summed E-state index contributed by atoms with van der Waals surface area (Å²) >= 11 is 6.16. The highest BCUT2D eigenvalue weighted by Crippen LogP contribution is 2.36. The second kappa shape index (κ2) is 6.59. The fourth-order valence-electron chi connectivity index (χ4n) is 1.96. The number of halogens is 1. The van der Waals surface area contributed by atoms with Gasteiger partial charge in [-0.2, -0.15) is 0 Å². The lowest BCUT2D eigenvalue weighted by Crippen LogP contribution is -2.04. The van der Waals surface area contributed by atoms with E-state index < -0.39 is 6.10 Å². The number of aliphatic hydroxyl groups is 1. The van der Waals surface area contributed by atoms with E-state index in [0.717, 1.165) is 0 Å². The first kappa shape index (κ1) is 14.6. The van der Waals surface area contributed by atoms with E-state index in [1.807, 2.05) is 6.92 Å². The summed E-state index contributed by atoms with van der Waals surface area (Å²) in [6.07, 6.45) is 2.26. The van der Waals surface area contributed by atoms with Gasteiger partial charge in [0.25, 0.3) is 0 Å². The SMILES string of the molecule is CCOc1cncc(C(O)c2c(Cl)cccc2OC)c1. The quantitative estimate of drug-likeness (QED) is 0.919. The Morgan fingerprint density at radius 1 is 1.35 bits per heavy atom. The Morgan fingerprint density at radius 2 is 2.15 bits per heavy atom. The third-order valence-corrected chi connectivity index (χ3v) is 3.20. The fourth-order valence-corrected chi connectivity index (χ4v) is 2.23. The Kier molecular flexibility index (Phi) is 4.82. The molecule has 0 bridgehead atoms. The van der Waals surface area contributed by atoms with Crippen LogP contribution in [0.5, 0.6) is 11.5 Å². The highest BCUT2D eigenvalue weighted by Gasteiger charge is 2.19. The van der Waals surface area contributed by atoms with Crippen LogP contribution in [0.2, 0.25) is 5.02 Å². The van der Waals surface area contributed by atoms with Crippen molar-refractivity contribution in [3.8, 4) is 11.5 Å². The maximum atomic E-state index is 10.5. The number of methoxy groups -OCH3 is 1. The van der Waals surface area contributed by atoms with E-state index in [0.29, 0.717) is 34.3 Å². The Balaban J connectivity index is 2.40. The van der Waals surface area contributed by atoms with Gasteiger partial charge in [0.1, 0.15) is 17.6 Å². The maximum absolute atomic E-state index is 10.5. The van der Waals surface area contributed by atoms with Crippen molar-refractivity contribution in [3.63, 3.8) is 0 Å². The highest BCUT2D eigenvalue weighted by molar-refractivity contribution is 6.31. The number of ether oxygens (including phenoxy) is 2. The van der Waals surface area contributed by atoms with Crippen molar-refractivity contribution >= 4 is 11.6 Å². The number of hydrogen-bond donors (Lipinski definition) is 1. The van der Waals surface area contributed by atoms with Gasteiger partial charge in [-0.1, -0.05) is 17.7 Å². The average molecular weight is 294 g/mol. The van der Waals surface area contributed by atoms with Gasteiger partial charge in [-0.05, 0) is 25.1 Å². The summed E-state index contributed by atoms with van der Waals surface area (Å²) in [5.74, 6) is 1.14. The Morgan fingerprint density at radius 3 is 2.85 bits per heavy atom. The smallest absolute Gasteiger partial charge is 0.137 e. The van der Waals surface area contributed by atoms with Crippen LogP contribution in [0, 0.1) is 0 Å². The molecule has 1 aromatic carbocycles. The zero-order chi connectivity index (χ0) is 14.5. The van der Waals surface area contributed by atoms with E-state index >= 15 is 0 Å². The summed E-state index contributed by atoms with van der Waals surface area (Å²) in [6.45, 7) is 2.43. The second-order valence-electron chi connectivity index (χ2n) is 4.15. The van der Waals surface area contributed by atoms with E-state index in [9.17, 15) is 5.11 Å². The summed E-state index contributed by atoms with van der Waals surface area (Å²) in [5, 5.41) is 11.0. The molecule has 0 radical (unpaired) electrons. The van der Waals surface area contributed by atoms with Gasteiger partial charge < -0.3 is 14.6 Å². The molecule has 1 heterocycles. The number of nitrogens with zero attached hydrogens (tertiary/aromatic N) is 1. The molecule has 2 aromatic rings. The minimum Gasteiger partial charge on any atom is -0.496 e. The summed E-state index contributed by atoms with van der Waals surface area (Å²) < 4.78 is 10.6. The van der Waals surface area contributed by atoms with Gasteiger partial charge in [0.15, 0.2) is 0 Å². The molecule has 2 rings (SSSR count). The molecule has 4 nitrogen and oxygen atoms in total. The van der Waals surface area contributed by atoms with Gasteiger partial charge in [-0.3, -0.25) is 4.98 Å². The van der Waals surface area contributed by atoms with Gasteiger partial charge in [0.2, 0.25) is 0 Å². The normalized spacial score (nSPS) is 12.0. The van der Waals surface area contributed by atoms with Gasteiger partial charge in [-0.15, -0.1) is 0 Å². The third kappa shape index (κ3) is 3.03. The summed E-state index contributed by atoms with van der Waals surface area (Å²) in [7, 11) is 1.54. The van der Waals surface area contributed by atoms with Crippen LogP contribution in [-0.4, -0.2) is 23.8 Å². The first-order valence-electron chi connectivity index (χ1n) is 6.25. The van der Waals surface area contributed by atoms with Crippen molar-refractivity contribution in [3.05, 3.63) is 52.8 Å². The molecule has 0 aliphatic heterocycles. The van der Waals surface area contributed by atoms with Crippen LogP contribution in [0.25, 0.3) is 0 Å². The largest absolute Gasteiger partial charge is 0.496 e. The molecule has 0 saturated carbocycles. The molecule has 0 amide bonds. The molecule has 0 aliphatic carbocycles. The summed E-state index contributed by atoms with van der Waals surface area (Å²) in [5.41, 5.74) is 1.12. The maximum Gasteiger partial charge on any atom is 0.137 e. The van der Waals surface area contributed by atoms with E-state index in [-0.39, 0.29) is 0 Å². The predicted octanol–water partition coefficient (Wildman–Crippen LogP) is 3.22. The van der Waals surface area contributed by atoms with Crippen LogP contribution in [0.15, 0.2) is 36.7 Å². The molecule has 1 unspecified atom stereocenters. The van der Waals surface area contributed by atoms with Gasteiger partial charge in [0, 0.05) is 17.3 Å². The molecule has 1 N–H and O–H groups in total. The molecular weight excluding hydrogens is 278 g/mol. The molecule has 1 aromatic heterocycles. The topological polar surface area (TPSA) is 51.6 Å². The van der Waals surface area contributed by atoms with Crippen molar-refractivity contribution in [2.24, 2.45) is 0 Å². The molecule has 0 spiro atoms. The van der Waals surface area contributed by atoms with Crippen molar-refractivity contribution in [2.45, 2.75) is 13.0 Å². The van der Waals surface area contributed by atoms with E-state index in [1.54, 1.807) is 36.7 Å². The Hall–Kier alpha value is -1.78. The van der Waals surface area contributed by atoms with E-state index in [2.05, 4.69) is 4.98 Å². The van der Waals surface area contributed by atoms with E-state index in [4.69, 9.17) is 21.1 Å². The Labute approximate surface area is 122 Å². The molecule has 1 atom stereocenters. The zero-order valence-corrected chi connectivity index (χ0v) is 12.1. The van der Waals surface area contributed by atoms with Gasteiger partial charge in [-0.25, -0.2) is 0 Å². The van der Waals surface area contributed by atoms with Crippen molar-refractivity contribution in [1.82, 2.24) is 4.98 Å². The molecular formula is C15H16ClNO3. The van der Waals surface area contributed by atoms with Crippen molar-refractivity contribution < 1.29 is 14.6 Å². The predicted molar refractivity (Wildman–Crippen MR) is 77.5 cm³/mol. The Bertz CT molecular complexity index is 589. The first-order chi connectivity index (χ1) is 9.67. The van der Waals surface area contributed by atoms with E-state index in [1.165, 1.54) is 7.11 Å². The minimum absolute atomic E-state index is 0.443. The lowest BCUT2D eigenvalue weighted by atomic mass is 10.0. The number of benzene rings is 1. The number of hydrogen-bond acceptors (Lipinski definition) is 4. The number of pyridine rings is 1. The van der Waals surface area contributed by atoms with Crippen LogP contribution in [0.3, 0.4) is 0 Å². The molecule has 0 fully saturated rings. The average Bonchev–Trinajstić information content (AvgIpc) is 2.47. The molecule has 0 saturated heterocycles. The standard InChI is InChI=1S/C15H16ClNO3/c1-3-20-11-7-10(8-17-9-11)15(18)14-12(16)5-4-6-13(14)19-2/h4-9,15,18H,3H2,1-2H3. The number of rotatable bonds is 5. The highest BCUT2D eigenvalue weighted by atomic mass is 35.5. The lowest BCUT2D eigenvalue weighted by molar-refractivity contribution is 0.213. The molecule has 5 heteroatoms. The van der Waals surface area contributed by atoms with Crippen molar-refractivity contribution in [1.29, 1.82) is 0 Å². The third-order valence-electron chi connectivity index (χ3n) is 2.87. The summed E-state index contributed by atoms with van der Waals surface area (Å²) in [4.78, 5) is 4.07. The minimum atomic E-state index is -0.924. The van der Waals surface area contributed by atoms with Crippen LogP contribution in [-0.2, 0) is 0 Å². The lowest BCUT2D eigenvalue weighted by Gasteiger charge is -2.17. The second-order valence-corrected chi connectivity index (χ2v) is 4.55. The molecule has 20 heavy (non-hydrogen) atoms. The van der Waals surface area contributed by atoms with Crippen LogP contribution in [0.4, 0.5) is 0 Å². The number of aromatic nitrogens is 1. The van der Waals surface area contributed by atoms with Crippen LogP contribution >= 0.6 is 11.6 Å².